The monoisotopic (exact) mass is 272 g/mol. The molecule has 1 atom stereocenters. The molecule has 6 nitrogen and oxygen atoms in total. The minimum absolute atomic E-state index is 0.0569. The van der Waals surface area contributed by atoms with Crippen molar-refractivity contribution in [1.29, 1.82) is 0 Å². The summed E-state index contributed by atoms with van der Waals surface area (Å²) in [7, 11) is -3.47. The molecule has 1 aromatic rings. The van der Waals surface area contributed by atoms with Gasteiger partial charge in [-0.3, -0.25) is 0 Å². The first kappa shape index (κ1) is 13.5. The lowest BCUT2D eigenvalue weighted by Gasteiger charge is -2.13. The Morgan fingerprint density at radius 2 is 2.28 bits per heavy atom. The number of hydrogen-bond donors (Lipinski definition) is 1. The van der Waals surface area contributed by atoms with Gasteiger partial charge in [0.2, 0.25) is 0 Å². The molecule has 102 valence electrons. The summed E-state index contributed by atoms with van der Waals surface area (Å²) >= 11 is 0. The highest BCUT2D eigenvalue weighted by molar-refractivity contribution is 7.89. The average Bonchev–Trinajstić information content (AvgIpc) is 2.87. The summed E-state index contributed by atoms with van der Waals surface area (Å²) in [5.74, 6) is 0.735. The van der Waals surface area contributed by atoms with Gasteiger partial charge in [0.1, 0.15) is 5.82 Å². The van der Waals surface area contributed by atoms with Crippen LogP contribution in [0.5, 0.6) is 0 Å². The van der Waals surface area contributed by atoms with E-state index in [4.69, 9.17) is 5.73 Å². The number of nitrogens with two attached hydrogens (primary N) is 1. The van der Waals surface area contributed by atoms with E-state index in [0.717, 1.165) is 18.8 Å². The minimum atomic E-state index is -3.47. The summed E-state index contributed by atoms with van der Waals surface area (Å²) in [6.07, 6.45) is 3.29. The highest BCUT2D eigenvalue weighted by atomic mass is 32.2. The predicted molar refractivity (Wildman–Crippen MR) is 68.6 cm³/mol. The van der Waals surface area contributed by atoms with Crippen molar-refractivity contribution in [3.8, 4) is 0 Å². The molecule has 0 radical (unpaired) electrons. The summed E-state index contributed by atoms with van der Waals surface area (Å²) in [6, 6.07) is -0.0569. The van der Waals surface area contributed by atoms with Crippen LogP contribution in [0.25, 0.3) is 0 Å². The number of imidazole rings is 1. The van der Waals surface area contributed by atoms with Crippen molar-refractivity contribution < 1.29 is 8.42 Å². The zero-order chi connectivity index (χ0) is 13.3. The quantitative estimate of drug-likeness (QED) is 0.856. The number of aromatic nitrogens is 2. The standard InChI is InChI=1S/C11H20N4O2S/c1-3-5-14-8-11(13-9(14)2)18(16,17)15-6-4-10(12)7-15/h8,10H,3-7,12H2,1-2H3/t10-/m1/s1. The second-order valence-corrected chi connectivity index (χ2v) is 6.62. The van der Waals surface area contributed by atoms with Gasteiger partial charge >= 0.3 is 0 Å². The van der Waals surface area contributed by atoms with Crippen molar-refractivity contribution >= 4 is 10.0 Å². The van der Waals surface area contributed by atoms with E-state index in [1.54, 1.807) is 6.20 Å². The molecule has 0 bridgehead atoms. The molecule has 2 heterocycles. The second-order valence-electron chi connectivity index (χ2n) is 4.73. The molecule has 1 fully saturated rings. The topological polar surface area (TPSA) is 81.2 Å². The maximum Gasteiger partial charge on any atom is 0.262 e. The van der Waals surface area contributed by atoms with Gasteiger partial charge < -0.3 is 10.3 Å². The van der Waals surface area contributed by atoms with Crippen molar-refractivity contribution in [3.05, 3.63) is 12.0 Å². The van der Waals surface area contributed by atoms with Gasteiger partial charge in [0.05, 0.1) is 0 Å². The molecule has 0 aliphatic carbocycles. The molecule has 0 aromatic carbocycles. The van der Waals surface area contributed by atoms with E-state index < -0.39 is 10.0 Å². The van der Waals surface area contributed by atoms with Gasteiger partial charge in [-0.2, -0.15) is 4.31 Å². The Bertz CT molecular complexity index is 523. The highest BCUT2D eigenvalue weighted by Crippen LogP contribution is 2.20. The maximum absolute atomic E-state index is 12.3. The summed E-state index contributed by atoms with van der Waals surface area (Å²) in [4.78, 5) is 4.16. The normalized spacial score (nSPS) is 21.6. The minimum Gasteiger partial charge on any atom is -0.334 e. The van der Waals surface area contributed by atoms with Gasteiger partial charge in [-0.1, -0.05) is 6.92 Å². The van der Waals surface area contributed by atoms with Crippen LogP contribution in [0.3, 0.4) is 0 Å². The first-order chi connectivity index (χ1) is 8.45. The van der Waals surface area contributed by atoms with E-state index in [-0.39, 0.29) is 11.1 Å². The van der Waals surface area contributed by atoms with E-state index >= 15 is 0 Å². The molecule has 0 amide bonds. The maximum atomic E-state index is 12.3. The van der Waals surface area contributed by atoms with Gasteiger partial charge in [-0.05, 0) is 19.8 Å². The Balaban J connectivity index is 2.27. The van der Waals surface area contributed by atoms with Crippen LogP contribution in [-0.2, 0) is 16.6 Å². The largest absolute Gasteiger partial charge is 0.334 e. The van der Waals surface area contributed by atoms with E-state index in [1.165, 1.54) is 4.31 Å². The summed E-state index contributed by atoms with van der Waals surface area (Å²) in [5.41, 5.74) is 5.75. The Morgan fingerprint density at radius 1 is 1.56 bits per heavy atom. The number of aryl methyl sites for hydroxylation is 2. The Kier molecular flexibility index (Phi) is 3.74. The predicted octanol–water partition coefficient (Wildman–Crippen LogP) is 0.323. The molecular weight excluding hydrogens is 252 g/mol. The molecule has 1 aromatic heterocycles. The van der Waals surface area contributed by atoms with Crippen LogP contribution in [-0.4, -0.2) is 41.4 Å². The Labute approximate surface area is 108 Å². The second kappa shape index (κ2) is 4.99. The lowest BCUT2D eigenvalue weighted by molar-refractivity contribution is 0.469. The number of hydrogen-bond acceptors (Lipinski definition) is 4. The van der Waals surface area contributed by atoms with E-state index in [9.17, 15) is 8.42 Å². The molecule has 1 saturated heterocycles. The van der Waals surface area contributed by atoms with Crippen LogP contribution in [0.4, 0.5) is 0 Å². The van der Waals surface area contributed by atoms with E-state index in [1.807, 2.05) is 18.4 Å². The summed E-state index contributed by atoms with van der Waals surface area (Å²) < 4.78 is 28.0. The van der Waals surface area contributed by atoms with Crippen LogP contribution >= 0.6 is 0 Å². The molecule has 1 aliphatic heterocycles. The zero-order valence-corrected chi connectivity index (χ0v) is 11.7. The zero-order valence-electron chi connectivity index (χ0n) is 10.8. The fourth-order valence-corrected chi connectivity index (χ4v) is 3.68. The lowest BCUT2D eigenvalue weighted by Crippen LogP contribution is -2.32. The summed E-state index contributed by atoms with van der Waals surface area (Å²) in [5, 5.41) is 0.141. The fraction of sp³-hybridized carbons (Fsp3) is 0.727. The lowest BCUT2D eigenvalue weighted by atomic mass is 10.3. The van der Waals surface area contributed by atoms with E-state index in [2.05, 4.69) is 4.98 Å². The molecule has 0 spiro atoms. The third-order valence-electron chi connectivity index (χ3n) is 3.21. The van der Waals surface area contributed by atoms with Crippen LogP contribution in [0.1, 0.15) is 25.6 Å². The van der Waals surface area contributed by atoms with Gasteiger partial charge in [0.15, 0.2) is 5.03 Å². The smallest absolute Gasteiger partial charge is 0.262 e. The fourth-order valence-electron chi connectivity index (χ4n) is 2.18. The third-order valence-corrected chi connectivity index (χ3v) is 4.95. The molecule has 18 heavy (non-hydrogen) atoms. The molecule has 2 N–H and O–H groups in total. The molecule has 1 aliphatic rings. The van der Waals surface area contributed by atoms with Crippen molar-refractivity contribution in [2.75, 3.05) is 13.1 Å². The van der Waals surface area contributed by atoms with Gasteiger partial charge in [0, 0.05) is 31.9 Å². The number of rotatable bonds is 4. The van der Waals surface area contributed by atoms with Crippen LogP contribution < -0.4 is 5.73 Å². The van der Waals surface area contributed by atoms with Crippen LogP contribution in [0.15, 0.2) is 11.2 Å². The third kappa shape index (κ3) is 2.43. The van der Waals surface area contributed by atoms with Crippen LogP contribution in [0, 0.1) is 6.92 Å². The highest BCUT2D eigenvalue weighted by Gasteiger charge is 2.32. The van der Waals surface area contributed by atoms with Gasteiger partial charge in [-0.25, -0.2) is 13.4 Å². The number of nitrogens with zero attached hydrogens (tertiary/aromatic N) is 3. The van der Waals surface area contributed by atoms with Crippen molar-refractivity contribution in [1.82, 2.24) is 13.9 Å². The SMILES string of the molecule is CCCn1cc(S(=O)(=O)N2CC[C@@H](N)C2)nc1C. The van der Waals surface area contributed by atoms with Gasteiger partial charge in [0.25, 0.3) is 10.0 Å². The van der Waals surface area contributed by atoms with E-state index in [0.29, 0.717) is 19.5 Å². The summed E-state index contributed by atoms with van der Waals surface area (Å²) in [6.45, 7) is 5.54. The van der Waals surface area contributed by atoms with Gasteiger partial charge in [-0.15, -0.1) is 0 Å². The van der Waals surface area contributed by atoms with Crippen molar-refractivity contribution in [2.24, 2.45) is 5.73 Å². The molecule has 0 unspecified atom stereocenters. The Hall–Kier alpha value is -0.920. The average molecular weight is 272 g/mol. The van der Waals surface area contributed by atoms with Crippen LogP contribution in [0.2, 0.25) is 0 Å². The first-order valence-electron chi connectivity index (χ1n) is 6.24. The first-order valence-corrected chi connectivity index (χ1v) is 7.68. The number of sulfonamides is 1. The molecule has 7 heteroatoms. The van der Waals surface area contributed by atoms with Crippen molar-refractivity contribution in [2.45, 2.75) is 44.3 Å². The molecule has 2 rings (SSSR count). The molecule has 0 saturated carbocycles. The van der Waals surface area contributed by atoms with Crippen molar-refractivity contribution in [3.63, 3.8) is 0 Å². The Morgan fingerprint density at radius 3 is 2.83 bits per heavy atom. The molecular formula is C11H20N4O2S.